The van der Waals surface area contributed by atoms with Crippen molar-refractivity contribution in [3.63, 3.8) is 0 Å². The molecule has 0 aliphatic carbocycles. The number of ether oxygens (including phenoxy) is 2. The van der Waals surface area contributed by atoms with E-state index < -0.39 is 22.9 Å². The number of phenols is 1. The molecule has 0 radical (unpaired) electrons. The van der Waals surface area contributed by atoms with E-state index in [1.165, 1.54) is 44.4 Å². The summed E-state index contributed by atoms with van der Waals surface area (Å²) in [6, 6.07) is 8.06. The molecule has 0 aromatic heterocycles. The van der Waals surface area contributed by atoms with Crippen molar-refractivity contribution in [3.05, 3.63) is 63.2 Å². The predicted molar refractivity (Wildman–Crippen MR) is 106 cm³/mol. The van der Waals surface area contributed by atoms with E-state index in [0.29, 0.717) is 5.56 Å². The topological polar surface area (TPSA) is 128 Å². The summed E-state index contributed by atoms with van der Waals surface area (Å²) in [5.41, 5.74) is 0.506. The van der Waals surface area contributed by atoms with Crippen molar-refractivity contribution in [2.24, 2.45) is 0 Å². The van der Waals surface area contributed by atoms with E-state index in [0.717, 1.165) is 12.1 Å². The minimum absolute atomic E-state index is 0.0211. The smallest absolute Gasteiger partial charge is 0.331 e. The quantitative estimate of drug-likeness (QED) is 0.303. The van der Waals surface area contributed by atoms with Crippen molar-refractivity contribution in [1.29, 1.82) is 0 Å². The number of esters is 1. The molecule has 2 N–H and O–H groups in total. The number of non-ortho nitro benzene ring substituents is 1. The standard InChI is InChI=1S/C19H17ClN2O7/c1-11(19(25)21-15-6-5-13(22(26)27)10-14(15)20)29-18(24)8-4-12-3-7-16(23)17(9-12)28-2/h3-11,23H,1-2H3,(H,21,25)/b8-4+. The number of amides is 1. The van der Waals surface area contributed by atoms with Crippen LogP contribution in [0.4, 0.5) is 11.4 Å². The second-order valence-corrected chi connectivity index (χ2v) is 6.16. The molecule has 0 heterocycles. The van der Waals surface area contributed by atoms with Crippen molar-refractivity contribution >= 4 is 40.9 Å². The predicted octanol–water partition coefficient (Wildman–Crippen LogP) is 3.55. The van der Waals surface area contributed by atoms with E-state index >= 15 is 0 Å². The van der Waals surface area contributed by atoms with E-state index in [2.05, 4.69) is 5.32 Å². The third-order valence-corrected chi connectivity index (χ3v) is 4.01. The number of nitro benzene ring substituents is 1. The maximum Gasteiger partial charge on any atom is 0.331 e. The molecule has 152 valence electrons. The van der Waals surface area contributed by atoms with Crippen molar-refractivity contribution in [3.8, 4) is 11.5 Å². The fraction of sp³-hybridized carbons (Fsp3) is 0.158. The van der Waals surface area contributed by atoms with Gasteiger partial charge in [-0.05, 0) is 36.8 Å². The summed E-state index contributed by atoms with van der Waals surface area (Å²) in [5, 5.41) is 22.7. The first-order valence-electron chi connectivity index (χ1n) is 8.21. The monoisotopic (exact) mass is 420 g/mol. The van der Waals surface area contributed by atoms with Crippen LogP contribution in [0.3, 0.4) is 0 Å². The summed E-state index contributed by atoms with van der Waals surface area (Å²) >= 11 is 5.92. The number of anilines is 1. The van der Waals surface area contributed by atoms with Crippen molar-refractivity contribution in [2.45, 2.75) is 13.0 Å². The van der Waals surface area contributed by atoms with Crippen LogP contribution in [0.15, 0.2) is 42.5 Å². The number of carbonyl (C=O) groups is 2. The second-order valence-electron chi connectivity index (χ2n) is 5.75. The first kappa shape index (κ1) is 21.7. The normalized spacial score (nSPS) is 11.7. The largest absolute Gasteiger partial charge is 0.504 e. The first-order chi connectivity index (χ1) is 13.7. The zero-order valence-electron chi connectivity index (χ0n) is 15.4. The molecule has 0 aliphatic rings. The number of benzene rings is 2. The molecule has 10 heteroatoms. The molecule has 0 aliphatic heterocycles. The average molecular weight is 421 g/mol. The van der Waals surface area contributed by atoms with Crippen LogP contribution in [0.2, 0.25) is 5.02 Å². The summed E-state index contributed by atoms with van der Waals surface area (Å²) in [7, 11) is 1.40. The van der Waals surface area contributed by atoms with Gasteiger partial charge in [-0.1, -0.05) is 17.7 Å². The summed E-state index contributed by atoms with van der Waals surface area (Å²) in [6.45, 7) is 1.37. The second kappa shape index (κ2) is 9.56. The molecular formula is C19H17ClN2O7. The van der Waals surface area contributed by atoms with Crippen molar-refractivity contribution in [1.82, 2.24) is 0 Å². The van der Waals surface area contributed by atoms with Crippen LogP contribution in [-0.2, 0) is 14.3 Å². The van der Waals surface area contributed by atoms with Gasteiger partial charge in [-0.25, -0.2) is 4.79 Å². The van der Waals surface area contributed by atoms with Crippen LogP contribution in [-0.4, -0.2) is 35.1 Å². The zero-order chi connectivity index (χ0) is 21.6. The van der Waals surface area contributed by atoms with Crippen LogP contribution in [0, 0.1) is 10.1 Å². The number of halogens is 1. The van der Waals surface area contributed by atoms with Crippen LogP contribution in [0.25, 0.3) is 6.08 Å². The highest BCUT2D eigenvalue weighted by Gasteiger charge is 2.19. The van der Waals surface area contributed by atoms with Gasteiger partial charge < -0.3 is 19.9 Å². The highest BCUT2D eigenvalue weighted by molar-refractivity contribution is 6.34. The molecule has 0 saturated heterocycles. The minimum atomic E-state index is -1.15. The summed E-state index contributed by atoms with van der Waals surface area (Å²) in [6.07, 6.45) is 1.41. The van der Waals surface area contributed by atoms with Gasteiger partial charge in [-0.15, -0.1) is 0 Å². The molecule has 1 amide bonds. The number of methoxy groups -OCH3 is 1. The Balaban J connectivity index is 1.96. The van der Waals surface area contributed by atoms with Gasteiger partial charge >= 0.3 is 5.97 Å². The Morgan fingerprint density at radius 2 is 2.00 bits per heavy atom. The summed E-state index contributed by atoms with van der Waals surface area (Å²) in [5.74, 6) is -1.22. The Morgan fingerprint density at radius 3 is 2.62 bits per heavy atom. The van der Waals surface area contributed by atoms with E-state index in [-0.39, 0.29) is 27.9 Å². The fourth-order valence-electron chi connectivity index (χ4n) is 2.18. The Morgan fingerprint density at radius 1 is 1.28 bits per heavy atom. The number of nitrogens with zero attached hydrogens (tertiary/aromatic N) is 1. The number of nitrogens with one attached hydrogen (secondary N) is 1. The SMILES string of the molecule is COc1cc(/C=C/C(=O)OC(C)C(=O)Nc2ccc([N+](=O)[O-])cc2Cl)ccc1O. The third kappa shape index (κ3) is 5.94. The van der Waals surface area contributed by atoms with E-state index in [4.69, 9.17) is 21.1 Å². The minimum Gasteiger partial charge on any atom is -0.504 e. The third-order valence-electron chi connectivity index (χ3n) is 3.70. The zero-order valence-corrected chi connectivity index (χ0v) is 16.2. The molecule has 0 bridgehead atoms. The lowest BCUT2D eigenvalue weighted by molar-refractivity contribution is -0.384. The molecule has 2 aromatic carbocycles. The molecule has 2 aromatic rings. The average Bonchev–Trinajstić information content (AvgIpc) is 2.68. The van der Waals surface area contributed by atoms with E-state index in [9.17, 15) is 24.8 Å². The Kier molecular flexibility index (Phi) is 7.15. The van der Waals surface area contributed by atoms with Crippen LogP contribution < -0.4 is 10.1 Å². The number of nitro groups is 1. The van der Waals surface area contributed by atoms with Gasteiger partial charge in [-0.3, -0.25) is 14.9 Å². The number of hydrogen-bond donors (Lipinski definition) is 2. The Bertz CT molecular complexity index is 975. The molecule has 2 rings (SSSR count). The number of carbonyl (C=O) groups excluding carboxylic acids is 2. The number of rotatable bonds is 7. The van der Waals surface area contributed by atoms with Crippen LogP contribution >= 0.6 is 11.6 Å². The Labute approximate surface area is 170 Å². The summed E-state index contributed by atoms with van der Waals surface area (Å²) in [4.78, 5) is 34.2. The highest BCUT2D eigenvalue weighted by Crippen LogP contribution is 2.27. The molecule has 1 atom stereocenters. The maximum atomic E-state index is 12.2. The number of hydrogen-bond acceptors (Lipinski definition) is 7. The lowest BCUT2D eigenvalue weighted by Crippen LogP contribution is -2.29. The van der Waals surface area contributed by atoms with Gasteiger partial charge in [0, 0.05) is 18.2 Å². The van der Waals surface area contributed by atoms with Crippen LogP contribution in [0.5, 0.6) is 11.5 Å². The van der Waals surface area contributed by atoms with Gasteiger partial charge in [0.05, 0.1) is 22.7 Å². The van der Waals surface area contributed by atoms with E-state index in [1.807, 2.05) is 0 Å². The summed E-state index contributed by atoms with van der Waals surface area (Å²) < 4.78 is 9.99. The van der Waals surface area contributed by atoms with Gasteiger partial charge in [0.2, 0.25) is 0 Å². The van der Waals surface area contributed by atoms with Gasteiger partial charge in [-0.2, -0.15) is 0 Å². The maximum absolute atomic E-state index is 12.2. The highest BCUT2D eigenvalue weighted by atomic mass is 35.5. The molecule has 9 nitrogen and oxygen atoms in total. The van der Waals surface area contributed by atoms with Crippen molar-refractivity contribution < 1.29 is 29.1 Å². The number of aromatic hydroxyl groups is 1. The first-order valence-corrected chi connectivity index (χ1v) is 8.59. The molecule has 0 fully saturated rings. The van der Waals surface area contributed by atoms with Gasteiger partial charge in [0.15, 0.2) is 17.6 Å². The molecule has 0 spiro atoms. The lowest BCUT2D eigenvalue weighted by atomic mass is 10.2. The van der Waals surface area contributed by atoms with Crippen molar-refractivity contribution in [2.75, 3.05) is 12.4 Å². The van der Waals surface area contributed by atoms with Crippen LogP contribution in [0.1, 0.15) is 12.5 Å². The Hall–Kier alpha value is -3.59. The molecular weight excluding hydrogens is 404 g/mol. The van der Waals surface area contributed by atoms with Gasteiger partial charge in [0.25, 0.3) is 11.6 Å². The lowest BCUT2D eigenvalue weighted by Gasteiger charge is -2.13. The molecule has 0 saturated carbocycles. The number of phenolic OH excluding ortho intramolecular Hbond substituents is 1. The fourth-order valence-corrected chi connectivity index (χ4v) is 2.40. The molecule has 29 heavy (non-hydrogen) atoms. The molecule has 1 unspecified atom stereocenters. The van der Waals surface area contributed by atoms with E-state index in [1.54, 1.807) is 6.07 Å². The van der Waals surface area contributed by atoms with Gasteiger partial charge in [0.1, 0.15) is 0 Å².